The third-order valence-corrected chi connectivity index (χ3v) is 6.80. The van der Waals surface area contributed by atoms with E-state index in [1.54, 1.807) is 12.4 Å². The SMILES string of the molecule is C[C@H]1CC[C@H](/C(=C/N)c2cnc(NCCC(F)(F)F)nc2C[C@H]2CC[C@H](O)CC2)CC1. The number of anilines is 1. The van der Waals surface area contributed by atoms with Crippen LogP contribution in [0.2, 0.25) is 0 Å². The van der Waals surface area contributed by atoms with Crippen molar-refractivity contribution in [1.82, 2.24) is 9.97 Å². The lowest BCUT2D eigenvalue weighted by Crippen LogP contribution is -2.22. The van der Waals surface area contributed by atoms with Gasteiger partial charge >= 0.3 is 6.18 Å². The Balaban J connectivity index is 1.80. The van der Waals surface area contributed by atoms with Gasteiger partial charge in [0.25, 0.3) is 0 Å². The van der Waals surface area contributed by atoms with Gasteiger partial charge in [0, 0.05) is 18.3 Å². The van der Waals surface area contributed by atoms with Crippen LogP contribution >= 0.6 is 0 Å². The lowest BCUT2D eigenvalue weighted by atomic mass is 9.76. The Bertz CT molecular complexity index is 737. The van der Waals surface area contributed by atoms with Crippen LogP contribution in [0.25, 0.3) is 5.57 Å². The quantitative estimate of drug-likeness (QED) is 0.552. The number of hydrogen-bond donors (Lipinski definition) is 3. The third-order valence-electron chi connectivity index (χ3n) is 6.80. The van der Waals surface area contributed by atoms with E-state index < -0.39 is 12.6 Å². The number of nitrogens with one attached hydrogen (secondary N) is 1. The van der Waals surface area contributed by atoms with Crippen molar-refractivity contribution < 1.29 is 18.3 Å². The lowest BCUT2D eigenvalue weighted by molar-refractivity contribution is -0.131. The summed E-state index contributed by atoms with van der Waals surface area (Å²) in [5, 5.41) is 12.5. The Morgan fingerprint density at radius 2 is 1.84 bits per heavy atom. The molecule has 0 atom stereocenters. The summed E-state index contributed by atoms with van der Waals surface area (Å²) in [5.74, 6) is 1.71. The third kappa shape index (κ3) is 7.09. The van der Waals surface area contributed by atoms with E-state index in [2.05, 4.69) is 22.2 Å². The van der Waals surface area contributed by atoms with E-state index in [0.717, 1.165) is 80.5 Å². The summed E-state index contributed by atoms with van der Waals surface area (Å²) in [6, 6.07) is 0. The molecule has 8 heteroatoms. The average molecular weight is 441 g/mol. The van der Waals surface area contributed by atoms with Gasteiger partial charge < -0.3 is 16.2 Å². The molecule has 0 unspecified atom stereocenters. The normalized spacial score (nSPS) is 27.8. The van der Waals surface area contributed by atoms with Crippen LogP contribution in [0.15, 0.2) is 12.4 Å². The number of aliphatic hydroxyl groups excluding tert-OH is 1. The molecule has 0 bridgehead atoms. The van der Waals surface area contributed by atoms with Crippen molar-refractivity contribution in [2.75, 3.05) is 11.9 Å². The maximum absolute atomic E-state index is 12.5. The van der Waals surface area contributed by atoms with Crippen LogP contribution in [0.4, 0.5) is 19.1 Å². The van der Waals surface area contributed by atoms with Crippen molar-refractivity contribution in [2.45, 2.75) is 83.4 Å². The molecule has 0 amide bonds. The largest absolute Gasteiger partial charge is 0.404 e. The van der Waals surface area contributed by atoms with Crippen LogP contribution < -0.4 is 11.1 Å². The minimum atomic E-state index is -4.22. The van der Waals surface area contributed by atoms with Crippen LogP contribution in [0, 0.1) is 17.8 Å². The smallest absolute Gasteiger partial charge is 0.390 e. The Labute approximate surface area is 182 Å². The minimum Gasteiger partial charge on any atom is -0.404 e. The van der Waals surface area contributed by atoms with Crippen molar-refractivity contribution in [3.05, 3.63) is 23.7 Å². The fourth-order valence-corrected chi connectivity index (χ4v) is 4.85. The molecule has 0 aliphatic heterocycles. The van der Waals surface area contributed by atoms with Crippen LogP contribution in [0.5, 0.6) is 0 Å². The van der Waals surface area contributed by atoms with E-state index in [1.165, 1.54) is 0 Å². The topological polar surface area (TPSA) is 84.1 Å². The molecule has 2 saturated carbocycles. The van der Waals surface area contributed by atoms with Crippen LogP contribution in [-0.2, 0) is 6.42 Å². The predicted molar refractivity (Wildman–Crippen MR) is 116 cm³/mol. The Morgan fingerprint density at radius 3 is 2.45 bits per heavy atom. The maximum Gasteiger partial charge on any atom is 0.390 e. The molecule has 2 aliphatic carbocycles. The Kier molecular flexibility index (Phi) is 8.19. The molecule has 1 heterocycles. The first-order valence-corrected chi connectivity index (χ1v) is 11.5. The molecule has 31 heavy (non-hydrogen) atoms. The van der Waals surface area contributed by atoms with Gasteiger partial charge in [0.2, 0.25) is 5.95 Å². The van der Waals surface area contributed by atoms with Gasteiger partial charge in [0.15, 0.2) is 0 Å². The number of nitrogens with two attached hydrogens (primary N) is 1. The highest BCUT2D eigenvalue weighted by Crippen LogP contribution is 2.39. The zero-order valence-electron chi connectivity index (χ0n) is 18.3. The van der Waals surface area contributed by atoms with Crippen LogP contribution in [0.3, 0.4) is 0 Å². The first-order valence-electron chi connectivity index (χ1n) is 11.5. The monoisotopic (exact) mass is 440 g/mol. The molecule has 174 valence electrons. The van der Waals surface area contributed by atoms with Gasteiger partial charge in [-0.1, -0.05) is 19.8 Å². The van der Waals surface area contributed by atoms with Gasteiger partial charge in [-0.3, -0.25) is 0 Å². The summed E-state index contributed by atoms with van der Waals surface area (Å²) in [4.78, 5) is 8.95. The van der Waals surface area contributed by atoms with Crippen molar-refractivity contribution >= 4 is 11.5 Å². The highest BCUT2D eigenvalue weighted by atomic mass is 19.4. The van der Waals surface area contributed by atoms with E-state index in [9.17, 15) is 18.3 Å². The maximum atomic E-state index is 12.5. The zero-order chi connectivity index (χ0) is 22.4. The first kappa shape index (κ1) is 23.8. The van der Waals surface area contributed by atoms with Crippen molar-refractivity contribution in [2.24, 2.45) is 23.5 Å². The number of hydrogen-bond acceptors (Lipinski definition) is 5. The summed E-state index contributed by atoms with van der Waals surface area (Å²) >= 11 is 0. The second kappa shape index (κ2) is 10.7. The zero-order valence-corrected chi connectivity index (χ0v) is 18.3. The van der Waals surface area contributed by atoms with E-state index in [0.29, 0.717) is 11.8 Å². The first-order chi connectivity index (χ1) is 14.7. The summed E-state index contributed by atoms with van der Waals surface area (Å²) in [6.07, 6.45) is 6.62. The van der Waals surface area contributed by atoms with E-state index in [-0.39, 0.29) is 18.6 Å². The average Bonchev–Trinajstić information content (AvgIpc) is 2.72. The second-order valence-corrected chi connectivity index (χ2v) is 9.30. The van der Waals surface area contributed by atoms with E-state index in [1.807, 2.05) is 0 Å². The second-order valence-electron chi connectivity index (χ2n) is 9.30. The van der Waals surface area contributed by atoms with Crippen molar-refractivity contribution in [1.29, 1.82) is 0 Å². The number of allylic oxidation sites excluding steroid dienone is 1. The van der Waals surface area contributed by atoms with Crippen molar-refractivity contribution in [3.8, 4) is 0 Å². The summed E-state index contributed by atoms with van der Waals surface area (Å²) in [6.45, 7) is 2.02. The highest BCUT2D eigenvalue weighted by molar-refractivity contribution is 5.68. The van der Waals surface area contributed by atoms with Crippen molar-refractivity contribution in [3.63, 3.8) is 0 Å². The molecule has 0 aromatic carbocycles. The summed E-state index contributed by atoms with van der Waals surface area (Å²) in [7, 11) is 0. The molecule has 2 fully saturated rings. The molecule has 0 saturated heterocycles. The number of alkyl halides is 3. The van der Waals surface area contributed by atoms with E-state index >= 15 is 0 Å². The standard InChI is InChI=1S/C23H35F3N4O/c1-15-2-6-17(7-3-15)19(13-27)20-14-29-22(28-11-10-23(24,25)26)30-21(20)12-16-4-8-18(31)9-5-16/h13-18,31H,2-12,27H2,1H3,(H,28,29,30)/b19-13-/t15-,16-,17-,18-. The predicted octanol–water partition coefficient (Wildman–Crippen LogP) is 5.06. The number of aromatic nitrogens is 2. The number of rotatable bonds is 7. The lowest BCUT2D eigenvalue weighted by Gasteiger charge is -2.30. The van der Waals surface area contributed by atoms with E-state index in [4.69, 9.17) is 5.73 Å². The molecule has 3 rings (SSSR count). The molecule has 1 aromatic rings. The summed E-state index contributed by atoms with van der Waals surface area (Å²) < 4.78 is 37.5. The minimum absolute atomic E-state index is 0.229. The van der Waals surface area contributed by atoms with Gasteiger partial charge in [0.05, 0.1) is 18.2 Å². The van der Waals surface area contributed by atoms with Gasteiger partial charge in [0.1, 0.15) is 0 Å². The molecule has 5 nitrogen and oxygen atoms in total. The molecular formula is C23H35F3N4O. The molecule has 0 radical (unpaired) electrons. The Morgan fingerprint density at radius 1 is 1.16 bits per heavy atom. The molecular weight excluding hydrogens is 405 g/mol. The number of halogens is 3. The summed E-state index contributed by atoms with van der Waals surface area (Å²) in [5.41, 5.74) is 8.89. The Hall–Kier alpha value is -1.83. The van der Waals surface area contributed by atoms with Crippen LogP contribution in [-0.4, -0.2) is 33.9 Å². The number of nitrogens with zero attached hydrogens (tertiary/aromatic N) is 2. The number of aliphatic hydroxyl groups is 1. The molecule has 1 aromatic heterocycles. The van der Waals surface area contributed by atoms with Gasteiger partial charge in [-0.15, -0.1) is 0 Å². The van der Waals surface area contributed by atoms with Crippen LogP contribution in [0.1, 0.15) is 76.0 Å². The molecule has 2 aliphatic rings. The fourth-order valence-electron chi connectivity index (χ4n) is 4.85. The molecule has 0 spiro atoms. The van der Waals surface area contributed by atoms with Gasteiger partial charge in [-0.25, -0.2) is 9.97 Å². The fraction of sp³-hybridized carbons (Fsp3) is 0.739. The highest BCUT2D eigenvalue weighted by Gasteiger charge is 2.28. The van der Waals surface area contributed by atoms with Gasteiger partial charge in [-0.2, -0.15) is 13.2 Å². The molecule has 4 N–H and O–H groups in total. The van der Waals surface area contributed by atoms with Gasteiger partial charge in [-0.05, 0) is 74.5 Å².